The van der Waals surface area contributed by atoms with E-state index in [1.54, 1.807) is 11.3 Å². The van der Waals surface area contributed by atoms with Gasteiger partial charge in [-0.05, 0) is 44.4 Å². The number of rotatable bonds is 6. The molecule has 0 unspecified atom stereocenters. The summed E-state index contributed by atoms with van der Waals surface area (Å²) in [6, 6.07) is 1.36. The molecule has 2 fully saturated rings. The van der Waals surface area contributed by atoms with Gasteiger partial charge in [0.1, 0.15) is 0 Å². The summed E-state index contributed by atoms with van der Waals surface area (Å²) in [7, 11) is 0. The normalized spacial score (nSPS) is 20.5. The summed E-state index contributed by atoms with van der Waals surface area (Å²) in [6.45, 7) is 4.15. The molecule has 2 saturated carbocycles. The van der Waals surface area contributed by atoms with E-state index in [0.717, 1.165) is 28.3 Å². The molecule has 1 N–H and O–H groups in total. The van der Waals surface area contributed by atoms with E-state index in [9.17, 15) is 0 Å². The lowest BCUT2D eigenvalue weighted by Crippen LogP contribution is -2.29. The first-order valence-corrected chi connectivity index (χ1v) is 9.07. The van der Waals surface area contributed by atoms with Crippen molar-refractivity contribution < 1.29 is 0 Å². The van der Waals surface area contributed by atoms with Crippen LogP contribution in [0.1, 0.15) is 51.9 Å². The van der Waals surface area contributed by atoms with Crippen molar-refractivity contribution in [2.75, 3.05) is 11.9 Å². The standard InChI is InChI=1S/C14H24N4S2/c1-2-17(12-8-9-12)10-18-14(19)20-13(16-18)15-11-6-4-3-5-7-11/h11-12H,2-10H2,1H3,(H,15,16). The minimum absolute atomic E-state index is 0.600. The van der Waals surface area contributed by atoms with Crippen molar-refractivity contribution in [3.63, 3.8) is 0 Å². The third-order valence-electron chi connectivity index (χ3n) is 4.32. The smallest absolute Gasteiger partial charge is 0.204 e. The van der Waals surface area contributed by atoms with Gasteiger partial charge in [-0.25, -0.2) is 4.68 Å². The van der Waals surface area contributed by atoms with Crippen LogP contribution in [0.4, 0.5) is 5.13 Å². The Morgan fingerprint density at radius 2 is 2.05 bits per heavy atom. The predicted molar refractivity (Wildman–Crippen MR) is 86.8 cm³/mol. The van der Waals surface area contributed by atoms with E-state index in [-0.39, 0.29) is 0 Å². The molecule has 1 heterocycles. The van der Waals surface area contributed by atoms with Crippen molar-refractivity contribution in [3.8, 4) is 0 Å². The Balaban J connectivity index is 1.62. The topological polar surface area (TPSA) is 33.1 Å². The van der Waals surface area contributed by atoms with Gasteiger partial charge in [0.05, 0.1) is 6.67 Å². The Morgan fingerprint density at radius 1 is 1.30 bits per heavy atom. The maximum Gasteiger partial charge on any atom is 0.204 e. The molecule has 0 bridgehead atoms. The number of nitrogens with zero attached hydrogens (tertiary/aromatic N) is 3. The number of anilines is 1. The van der Waals surface area contributed by atoms with Gasteiger partial charge < -0.3 is 5.32 Å². The van der Waals surface area contributed by atoms with E-state index in [2.05, 4.69) is 22.2 Å². The van der Waals surface area contributed by atoms with Gasteiger partial charge in [0, 0.05) is 12.1 Å². The summed E-state index contributed by atoms with van der Waals surface area (Å²) in [6.07, 6.45) is 9.28. The van der Waals surface area contributed by atoms with E-state index >= 15 is 0 Å². The number of aromatic nitrogens is 2. The van der Waals surface area contributed by atoms with E-state index in [1.807, 2.05) is 4.68 Å². The van der Waals surface area contributed by atoms with Gasteiger partial charge in [-0.2, -0.15) is 0 Å². The second-order valence-corrected chi connectivity index (χ2v) is 7.55. The minimum atomic E-state index is 0.600. The van der Waals surface area contributed by atoms with Crippen molar-refractivity contribution in [2.24, 2.45) is 0 Å². The molecule has 0 saturated heterocycles. The lowest BCUT2D eigenvalue weighted by atomic mass is 9.96. The molecule has 20 heavy (non-hydrogen) atoms. The van der Waals surface area contributed by atoms with Crippen molar-refractivity contribution in [2.45, 2.75) is 70.6 Å². The highest BCUT2D eigenvalue weighted by Crippen LogP contribution is 2.28. The van der Waals surface area contributed by atoms with Crippen molar-refractivity contribution in [1.82, 2.24) is 14.7 Å². The average Bonchev–Trinajstić information content (AvgIpc) is 3.23. The number of nitrogens with one attached hydrogen (secondary N) is 1. The van der Waals surface area contributed by atoms with Gasteiger partial charge in [0.15, 0.2) is 3.95 Å². The van der Waals surface area contributed by atoms with Crippen LogP contribution in [0.25, 0.3) is 0 Å². The Bertz CT molecular complexity index is 486. The lowest BCUT2D eigenvalue weighted by Gasteiger charge is -2.22. The fourth-order valence-corrected chi connectivity index (χ4v) is 4.03. The third kappa shape index (κ3) is 3.59. The maximum absolute atomic E-state index is 5.47. The molecular weight excluding hydrogens is 288 g/mol. The summed E-state index contributed by atoms with van der Waals surface area (Å²) in [5.74, 6) is 0. The average molecular weight is 313 g/mol. The summed E-state index contributed by atoms with van der Waals surface area (Å²) in [5, 5.41) is 9.27. The van der Waals surface area contributed by atoms with Gasteiger partial charge >= 0.3 is 0 Å². The van der Waals surface area contributed by atoms with Crippen LogP contribution in [0, 0.1) is 3.95 Å². The van der Waals surface area contributed by atoms with Gasteiger partial charge in [-0.3, -0.25) is 4.90 Å². The van der Waals surface area contributed by atoms with Crippen molar-refractivity contribution >= 4 is 28.7 Å². The monoisotopic (exact) mass is 312 g/mol. The van der Waals surface area contributed by atoms with Gasteiger partial charge in [-0.15, -0.1) is 5.10 Å². The molecule has 0 aromatic carbocycles. The zero-order chi connectivity index (χ0) is 13.9. The SMILES string of the molecule is CCN(Cn1nc(NC2CCCCC2)sc1=S)C1CC1. The van der Waals surface area contributed by atoms with E-state index < -0.39 is 0 Å². The van der Waals surface area contributed by atoms with Crippen LogP contribution >= 0.6 is 23.6 Å². The Morgan fingerprint density at radius 3 is 2.70 bits per heavy atom. The number of hydrogen-bond acceptors (Lipinski definition) is 5. The molecule has 3 rings (SSSR count). The van der Waals surface area contributed by atoms with Crippen LogP contribution in [0.5, 0.6) is 0 Å². The summed E-state index contributed by atoms with van der Waals surface area (Å²) < 4.78 is 2.88. The molecule has 1 aromatic heterocycles. The molecule has 0 aliphatic heterocycles. The second-order valence-electron chi connectivity index (χ2n) is 5.93. The highest BCUT2D eigenvalue weighted by Gasteiger charge is 2.28. The summed E-state index contributed by atoms with van der Waals surface area (Å²) in [4.78, 5) is 2.47. The fraction of sp³-hybridized carbons (Fsp3) is 0.857. The predicted octanol–water partition coefficient (Wildman–Crippen LogP) is 3.86. The highest BCUT2D eigenvalue weighted by atomic mass is 32.1. The van der Waals surface area contributed by atoms with Gasteiger partial charge in [-0.1, -0.05) is 37.5 Å². The fourth-order valence-electron chi connectivity index (χ4n) is 2.96. The van der Waals surface area contributed by atoms with Crippen LogP contribution in [-0.2, 0) is 6.67 Å². The first-order valence-electron chi connectivity index (χ1n) is 7.85. The van der Waals surface area contributed by atoms with Crippen LogP contribution in [0.15, 0.2) is 0 Å². The van der Waals surface area contributed by atoms with Crippen LogP contribution in [-0.4, -0.2) is 33.3 Å². The summed E-state index contributed by atoms with van der Waals surface area (Å²) in [5.41, 5.74) is 0. The molecule has 6 heteroatoms. The maximum atomic E-state index is 5.47. The molecule has 1 aromatic rings. The van der Waals surface area contributed by atoms with E-state index in [1.165, 1.54) is 44.9 Å². The highest BCUT2D eigenvalue weighted by molar-refractivity contribution is 7.73. The molecule has 2 aliphatic carbocycles. The Labute approximate surface area is 130 Å². The van der Waals surface area contributed by atoms with Crippen LogP contribution in [0.3, 0.4) is 0 Å². The number of hydrogen-bond donors (Lipinski definition) is 1. The third-order valence-corrected chi connectivity index (χ3v) is 5.56. The van der Waals surface area contributed by atoms with Crippen LogP contribution in [0.2, 0.25) is 0 Å². The molecule has 0 atom stereocenters. The molecule has 0 spiro atoms. The van der Waals surface area contributed by atoms with Gasteiger partial charge in [0.25, 0.3) is 0 Å². The Hall–Kier alpha value is -0.460. The minimum Gasteiger partial charge on any atom is -0.357 e. The van der Waals surface area contributed by atoms with E-state index in [0.29, 0.717) is 6.04 Å². The molecule has 4 nitrogen and oxygen atoms in total. The quantitative estimate of drug-likeness (QED) is 0.809. The van der Waals surface area contributed by atoms with Crippen LogP contribution < -0.4 is 5.32 Å². The van der Waals surface area contributed by atoms with E-state index in [4.69, 9.17) is 12.2 Å². The lowest BCUT2D eigenvalue weighted by molar-refractivity contribution is 0.207. The zero-order valence-electron chi connectivity index (χ0n) is 12.2. The molecular formula is C14H24N4S2. The largest absolute Gasteiger partial charge is 0.357 e. The molecule has 112 valence electrons. The molecule has 0 radical (unpaired) electrons. The summed E-state index contributed by atoms with van der Waals surface area (Å²) >= 11 is 7.09. The Kier molecular flexibility index (Phi) is 4.73. The zero-order valence-corrected chi connectivity index (χ0v) is 13.8. The molecule has 2 aliphatic rings. The first kappa shape index (κ1) is 14.5. The second kappa shape index (κ2) is 6.54. The first-order chi connectivity index (χ1) is 9.76. The van der Waals surface area contributed by atoms with Crippen molar-refractivity contribution in [3.05, 3.63) is 3.95 Å². The molecule has 0 amide bonds. The van der Waals surface area contributed by atoms with Gasteiger partial charge in [0.2, 0.25) is 5.13 Å². The van der Waals surface area contributed by atoms with Crippen molar-refractivity contribution in [1.29, 1.82) is 0 Å².